The van der Waals surface area contributed by atoms with Gasteiger partial charge in [0.15, 0.2) is 5.75 Å². The molecule has 12 heavy (non-hydrogen) atoms. The van der Waals surface area contributed by atoms with Crippen molar-refractivity contribution >= 4 is 15.9 Å². The lowest BCUT2D eigenvalue weighted by atomic mass is 10.1. The Morgan fingerprint density at radius 2 is 2.00 bits per heavy atom. The molecule has 2 nitrogen and oxygen atoms in total. The molecule has 1 aromatic rings. The third kappa shape index (κ3) is 2.22. The number of fused-ring (bicyclic) bond motifs is 1. The van der Waals surface area contributed by atoms with E-state index >= 15 is 0 Å². The van der Waals surface area contributed by atoms with Gasteiger partial charge >= 0.3 is 0 Å². The summed E-state index contributed by atoms with van der Waals surface area (Å²) in [4.78, 5) is 9.72. The number of hydrogen-bond acceptors (Lipinski definition) is 2. The second kappa shape index (κ2) is 5.17. The molecule has 0 bridgehead atoms. The van der Waals surface area contributed by atoms with E-state index in [1.807, 2.05) is 24.0 Å². The van der Waals surface area contributed by atoms with E-state index in [4.69, 9.17) is 9.78 Å². The fraction of sp³-hybridized carbons (Fsp3) is 0.333. The maximum absolute atomic E-state index is 4.92. The van der Waals surface area contributed by atoms with Crippen molar-refractivity contribution in [1.82, 2.24) is 0 Å². The minimum atomic E-state index is 0.664. The van der Waals surface area contributed by atoms with Gasteiger partial charge < -0.3 is 4.89 Å². The zero-order valence-corrected chi connectivity index (χ0v) is 8.50. The number of halogens is 1. The van der Waals surface area contributed by atoms with Gasteiger partial charge in [-0.1, -0.05) is 34.1 Å². The van der Waals surface area contributed by atoms with Crippen LogP contribution in [-0.4, -0.2) is 12.4 Å². The van der Waals surface area contributed by atoms with E-state index in [1.54, 1.807) is 0 Å². The molecular weight excluding hydrogens is 220 g/mol. The molecule has 0 aliphatic carbocycles. The Morgan fingerprint density at radius 3 is 2.75 bits per heavy atom. The number of hydrogen-bond donors (Lipinski definition) is 0. The van der Waals surface area contributed by atoms with Crippen LogP contribution in [0.25, 0.3) is 0 Å². The third-order valence-corrected chi connectivity index (χ3v) is 1.58. The second-order valence-corrected chi connectivity index (χ2v) is 2.26. The van der Waals surface area contributed by atoms with E-state index in [0.717, 1.165) is 12.2 Å². The highest BCUT2D eigenvalue weighted by Gasteiger charge is 2.08. The normalized spacial score (nSPS) is 13.5. The van der Waals surface area contributed by atoms with Crippen molar-refractivity contribution in [3.63, 3.8) is 0 Å². The number of para-hydroxylation sites is 1. The molecule has 66 valence electrons. The fourth-order valence-corrected chi connectivity index (χ4v) is 1.05. The Hall–Kier alpha value is -0.540. The third-order valence-electron chi connectivity index (χ3n) is 1.58. The van der Waals surface area contributed by atoms with Crippen molar-refractivity contribution in [2.75, 3.05) is 12.4 Å². The standard InChI is InChI=1S/C8H8O2.CH3Br/c1-2-4-8-7(3-1)5-6-9-10-8;1-2/h1-4H,5-6H2;1H3. The summed E-state index contributed by atoms with van der Waals surface area (Å²) >= 11 is 2.94. The molecule has 1 heterocycles. The molecule has 2 rings (SSSR count). The molecule has 0 N–H and O–H groups in total. The summed E-state index contributed by atoms with van der Waals surface area (Å²) in [6.45, 7) is 0.664. The maximum Gasteiger partial charge on any atom is 0.168 e. The van der Waals surface area contributed by atoms with Crippen LogP contribution in [-0.2, 0) is 11.3 Å². The van der Waals surface area contributed by atoms with Crippen LogP contribution >= 0.6 is 15.9 Å². The van der Waals surface area contributed by atoms with Gasteiger partial charge in [-0.3, -0.25) is 0 Å². The highest BCUT2D eigenvalue weighted by Crippen LogP contribution is 2.21. The summed E-state index contributed by atoms with van der Waals surface area (Å²) in [5, 5.41) is 0. The summed E-state index contributed by atoms with van der Waals surface area (Å²) in [6, 6.07) is 7.91. The van der Waals surface area contributed by atoms with Gasteiger partial charge in [-0.15, -0.1) is 0 Å². The molecule has 0 aromatic heterocycles. The van der Waals surface area contributed by atoms with Gasteiger partial charge in [0.1, 0.15) is 0 Å². The lowest BCUT2D eigenvalue weighted by Gasteiger charge is -2.14. The van der Waals surface area contributed by atoms with Gasteiger partial charge in [0.05, 0.1) is 6.61 Å². The summed E-state index contributed by atoms with van der Waals surface area (Å²) in [7, 11) is 0. The number of rotatable bonds is 0. The average Bonchev–Trinajstić information content (AvgIpc) is 2.21. The van der Waals surface area contributed by atoms with E-state index in [2.05, 4.69) is 22.0 Å². The van der Waals surface area contributed by atoms with Gasteiger partial charge in [0, 0.05) is 12.0 Å². The molecule has 0 atom stereocenters. The Labute approximate surface area is 80.6 Å². The van der Waals surface area contributed by atoms with E-state index < -0.39 is 0 Å². The zero-order chi connectivity index (χ0) is 8.81. The van der Waals surface area contributed by atoms with Gasteiger partial charge in [0.25, 0.3) is 0 Å². The maximum atomic E-state index is 4.92. The molecule has 1 aliphatic heterocycles. The first-order valence-electron chi connectivity index (χ1n) is 3.72. The molecule has 1 aromatic carbocycles. The Balaban J connectivity index is 0.000000336. The van der Waals surface area contributed by atoms with Gasteiger partial charge in [-0.25, -0.2) is 0 Å². The van der Waals surface area contributed by atoms with Crippen LogP contribution in [0.4, 0.5) is 0 Å². The predicted molar refractivity (Wildman–Crippen MR) is 51.6 cm³/mol. The summed E-state index contributed by atoms with van der Waals surface area (Å²) < 4.78 is 0. The van der Waals surface area contributed by atoms with Crippen LogP contribution in [0.3, 0.4) is 0 Å². The van der Waals surface area contributed by atoms with Crippen molar-refractivity contribution in [2.45, 2.75) is 6.42 Å². The largest absolute Gasteiger partial charge is 0.337 e. The lowest BCUT2D eigenvalue weighted by Crippen LogP contribution is -2.10. The van der Waals surface area contributed by atoms with Gasteiger partial charge in [-0.2, -0.15) is 4.89 Å². The van der Waals surface area contributed by atoms with Crippen LogP contribution in [0.2, 0.25) is 0 Å². The first-order valence-corrected chi connectivity index (χ1v) is 5.30. The molecule has 0 saturated heterocycles. The van der Waals surface area contributed by atoms with Gasteiger partial charge in [-0.05, 0) is 11.9 Å². The number of benzene rings is 1. The molecule has 1 aliphatic rings. The molecule has 0 unspecified atom stereocenters. The van der Waals surface area contributed by atoms with Crippen molar-refractivity contribution in [3.8, 4) is 5.75 Å². The Bertz CT molecular complexity index is 213. The first-order chi connectivity index (χ1) is 5.97. The highest BCUT2D eigenvalue weighted by molar-refractivity contribution is 9.08. The summed E-state index contributed by atoms with van der Waals surface area (Å²) in [5.41, 5.74) is 1.23. The SMILES string of the molecule is CBr.c1ccc2c(c1)CCOO2. The Morgan fingerprint density at radius 1 is 1.25 bits per heavy atom. The van der Waals surface area contributed by atoms with Crippen LogP contribution in [0.5, 0.6) is 5.75 Å². The number of alkyl halides is 1. The van der Waals surface area contributed by atoms with Gasteiger partial charge in [0.2, 0.25) is 0 Å². The molecule has 3 heteroatoms. The molecule has 0 saturated carbocycles. The van der Waals surface area contributed by atoms with Crippen LogP contribution in [0, 0.1) is 0 Å². The van der Waals surface area contributed by atoms with Crippen LogP contribution < -0.4 is 4.89 Å². The van der Waals surface area contributed by atoms with Crippen molar-refractivity contribution in [2.24, 2.45) is 0 Å². The smallest absolute Gasteiger partial charge is 0.168 e. The zero-order valence-electron chi connectivity index (χ0n) is 6.92. The van der Waals surface area contributed by atoms with Crippen molar-refractivity contribution < 1.29 is 9.78 Å². The Kier molecular flexibility index (Phi) is 4.11. The molecular formula is C9H11BrO2. The highest BCUT2D eigenvalue weighted by atomic mass is 79.9. The molecule has 0 amide bonds. The van der Waals surface area contributed by atoms with E-state index in [0.29, 0.717) is 6.61 Å². The second-order valence-electron chi connectivity index (χ2n) is 2.26. The monoisotopic (exact) mass is 230 g/mol. The van der Waals surface area contributed by atoms with E-state index in [9.17, 15) is 0 Å². The average molecular weight is 231 g/mol. The van der Waals surface area contributed by atoms with E-state index in [-0.39, 0.29) is 0 Å². The fourth-order valence-electron chi connectivity index (χ4n) is 1.05. The van der Waals surface area contributed by atoms with Crippen molar-refractivity contribution in [1.29, 1.82) is 0 Å². The lowest BCUT2D eigenvalue weighted by molar-refractivity contribution is -0.215. The molecule has 0 fully saturated rings. The van der Waals surface area contributed by atoms with Crippen LogP contribution in [0.1, 0.15) is 5.56 Å². The molecule has 0 radical (unpaired) electrons. The van der Waals surface area contributed by atoms with Crippen LogP contribution in [0.15, 0.2) is 24.3 Å². The molecule has 0 spiro atoms. The quantitative estimate of drug-likeness (QED) is 0.504. The van der Waals surface area contributed by atoms with Crippen molar-refractivity contribution in [3.05, 3.63) is 29.8 Å². The minimum Gasteiger partial charge on any atom is -0.337 e. The predicted octanol–water partition coefficient (Wildman–Crippen LogP) is 2.56. The minimum absolute atomic E-state index is 0.664. The van der Waals surface area contributed by atoms with E-state index in [1.165, 1.54) is 5.56 Å². The first kappa shape index (κ1) is 9.55. The summed E-state index contributed by atoms with van der Waals surface area (Å²) in [6.07, 6.45) is 0.955. The topological polar surface area (TPSA) is 18.5 Å². The summed E-state index contributed by atoms with van der Waals surface area (Å²) in [5.74, 6) is 2.67.